The van der Waals surface area contributed by atoms with Gasteiger partial charge in [-0.05, 0) is 32.4 Å². The van der Waals surface area contributed by atoms with Crippen molar-refractivity contribution in [1.82, 2.24) is 9.78 Å². The maximum atomic E-state index is 12.3. The van der Waals surface area contributed by atoms with Gasteiger partial charge in [0.2, 0.25) is 0 Å². The molecule has 2 aromatic carbocycles. The Kier molecular flexibility index (Phi) is 4.98. The highest BCUT2D eigenvalue weighted by atomic mass is 16.5. The van der Waals surface area contributed by atoms with Gasteiger partial charge in [0, 0.05) is 5.56 Å². The lowest BCUT2D eigenvalue weighted by molar-refractivity contribution is 0.0512. The van der Waals surface area contributed by atoms with Gasteiger partial charge in [-0.1, -0.05) is 59.7 Å². The van der Waals surface area contributed by atoms with Gasteiger partial charge in [0.15, 0.2) is 0 Å². The number of ether oxygens (including phenoxy) is 1. The van der Waals surface area contributed by atoms with Crippen molar-refractivity contribution in [2.45, 2.75) is 27.3 Å². The molecule has 0 saturated carbocycles. The predicted molar refractivity (Wildman–Crippen MR) is 98.6 cm³/mol. The number of carbonyl (C=O) groups is 1. The molecule has 25 heavy (non-hydrogen) atoms. The zero-order valence-electron chi connectivity index (χ0n) is 14.8. The van der Waals surface area contributed by atoms with Crippen molar-refractivity contribution in [3.8, 4) is 11.3 Å². The summed E-state index contributed by atoms with van der Waals surface area (Å²) in [6, 6.07) is 18.1. The second-order valence-electron chi connectivity index (χ2n) is 6.14. The van der Waals surface area contributed by atoms with E-state index in [-0.39, 0.29) is 5.97 Å². The molecule has 0 fully saturated rings. The summed E-state index contributed by atoms with van der Waals surface area (Å²) >= 11 is 0. The standard InChI is InChI=1S/C21H22N2O2/c1-4-25-21(24)20-13-19(18-11-7-16(3)8-12-18)22-23(20)14-17-9-5-15(2)6-10-17/h5-13H,4,14H2,1-3H3. The average Bonchev–Trinajstić information content (AvgIpc) is 3.02. The first-order chi connectivity index (χ1) is 12.1. The van der Waals surface area contributed by atoms with Crippen LogP contribution in [0.25, 0.3) is 11.3 Å². The molecular formula is C21H22N2O2. The Labute approximate surface area is 148 Å². The zero-order chi connectivity index (χ0) is 17.8. The molecular weight excluding hydrogens is 312 g/mol. The van der Waals surface area contributed by atoms with Gasteiger partial charge in [0.25, 0.3) is 0 Å². The predicted octanol–water partition coefficient (Wildman–Crippen LogP) is 4.39. The van der Waals surface area contributed by atoms with Crippen LogP contribution in [0.4, 0.5) is 0 Å². The van der Waals surface area contributed by atoms with E-state index in [4.69, 9.17) is 4.74 Å². The molecule has 0 N–H and O–H groups in total. The highest BCUT2D eigenvalue weighted by molar-refractivity contribution is 5.89. The fourth-order valence-electron chi connectivity index (χ4n) is 2.64. The van der Waals surface area contributed by atoms with Crippen molar-refractivity contribution in [2.24, 2.45) is 0 Å². The minimum atomic E-state index is -0.347. The molecule has 0 saturated heterocycles. The quantitative estimate of drug-likeness (QED) is 0.650. The van der Waals surface area contributed by atoms with Gasteiger partial charge < -0.3 is 4.74 Å². The largest absolute Gasteiger partial charge is 0.461 e. The molecule has 0 spiro atoms. The molecule has 1 aromatic heterocycles. The van der Waals surface area contributed by atoms with Gasteiger partial charge in [-0.3, -0.25) is 4.68 Å². The third kappa shape index (κ3) is 3.97. The minimum Gasteiger partial charge on any atom is -0.461 e. The van der Waals surface area contributed by atoms with Crippen LogP contribution in [-0.4, -0.2) is 22.4 Å². The Bertz CT molecular complexity index is 862. The highest BCUT2D eigenvalue weighted by Crippen LogP contribution is 2.21. The summed E-state index contributed by atoms with van der Waals surface area (Å²) in [5.74, 6) is -0.347. The van der Waals surface area contributed by atoms with Crippen molar-refractivity contribution < 1.29 is 9.53 Å². The second kappa shape index (κ2) is 7.34. The lowest BCUT2D eigenvalue weighted by atomic mass is 10.1. The highest BCUT2D eigenvalue weighted by Gasteiger charge is 2.17. The molecule has 0 radical (unpaired) electrons. The summed E-state index contributed by atoms with van der Waals surface area (Å²) in [6.45, 7) is 6.77. The topological polar surface area (TPSA) is 44.1 Å². The Morgan fingerprint density at radius 1 is 1.00 bits per heavy atom. The molecule has 3 rings (SSSR count). The van der Waals surface area contributed by atoms with Crippen LogP contribution >= 0.6 is 0 Å². The van der Waals surface area contributed by atoms with Crippen LogP contribution in [0, 0.1) is 13.8 Å². The van der Waals surface area contributed by atoms with Crippen molar-refractivity contribution in [3.63, 3.8) is 0 Å². The lowest BCUT2D eigenvalue weighted by Crippen LogP contribution is -2.14. The van der Waals surface area contributed by atoms with E-state index >= 15 is 0 Å². The Balaban J connectivity index is 1.97. The monoisotopic (exact) mass is 334 g/mol. The first-order valence-electron chi connectivity index (χ1n) is 8.44. The van der Waals surface area contributed by atoms with Crippen LogP contribution in [0.1, 0.15) is 34.1 Å². The molecule has 0 aliphatic heterocycles. The Hall–Kier alpha value is -2.88. The molecule has 0 bridgehead atoms. The third-order valence-electron chi connectivity index (χ3n) is 4.06. The molecule has 0 atom stereocenters. The number of rotatable bonds is 5. The van der Waals surface area contributed by atoms with Gasteiger partial charge in [-0.2, -0.15) is 5.10 Å². The zero-order valence-corrected chi connectivity index (χ0v) is 14.8. The van der Waals surface area contributed by atoms with E-state index in [2.05, 4.69) is 36.3 Å². The SMILES string of the molecule is CCOC(=O)c1cc(-c2ccc(C)cc2)nn1Cc1ccc(C)cc1. The summed E-state index contributed by atoms with van der Waals surface area (Å²) in [7, 11) is 0. The molecule has 0 aliphatic carbocycles. The van der Waals surface area contributed by atoms with Gasteiger partial charge >= 0.3 is 5.97 Å². The Morgan fingerprint density at radius 3 is 2.20 bits per heavy atom. The number of aromatic nitrogens is 2. The van der Waals surface area contributed by atoms with Crippen LogP contribution < -0.4 is 0 Å². The van der Waals surface area contributed by atoms with Crippen LogP contribution in [0.2, 0.25) is 0 Å². The van der Waals surface area contributed by atoms with Crippen LogP contribution in [-0.2, 0) is 11.3 Å². The minimum absolute atomic E-state index is 0.342. The number of esters is 1. The van der Waals surface area contributed by atoms with Crippen molar-refractivity contribution in [1.29, 1.82) is 0 Å². The lowest BCUT2D eigenvalue weighted by Gasteiger charge is -2.07. The summed E-state index contributed by atoms with van der Waals surface area (Å²) in [4.78, 5) is 12.3. The normalized spacial score (nSPS) is 10.7. The van der Waals surface area contributed by atoms with E-state index in [0.717, 1.165) is 16.8 Å². The van der Waals surface area contributed by atoms with E-state index < -0.39 is 0 Å². The Morgan fingerprint density at radius 2 is 1.60 bits per heavy atom. The number of carbonyl (C=O) groups excluding carboxylic acids is 1. The second-order valence-corrected chi connectivity index (χ2v) is 6.14. The summed E-state index contributed by atoms with van der Waals surface area (Å²) in [6.07, 6.45) is 0. The number of aryl methyl sites for hydroxylation is 2. The number of nitrogens with zero attached hydrogens (tertiary/aromatic N) is 2. The molecule has 3 aromatic rings. The molecule has 128 valence electrons. The van der Waals surface area contributed by atoms with Gasteiger partial charge in [0.05, 0.1) is 18.8 Å². The fraction of sp³-hybridized carbons (Fsp3) is 0.238. The van der Waals surface area contributed by atoms with E-state index in [9.17, 15) is 4.79 Å². The molecule has 4 nitrogen and oxygen atoms in total. The van der Waals surface area contributed by atoms with E-state index in [1.54, 1.807) is 17.7 Å². The van der Waals surface area contributed by atoms with Crippen LogP contribution in [0.3, 0.4) is 0 Å². The first-order valence-corrected chi connectivity index (χ1v) is 8.44. The van der Waals surface area contributed by atoms with Crippen molar-refractivity contribution in [2.75, 3.05) is 6.61 Å². The van der Waals surface area contributed by atoms with E-state index in [1.807, 2.05) is 31.2 Å². The van der Waals surface area contributed by atoms with Gasteiger partial charge in [-0.15, -0.1) is 0 Å². The average molecular weight is 334 g/mol. The molecule has 0 amide bonds. The van der Waals surface area contributed by atoms with E-state index in [1.165, 1.54) is 11.1 Å². The first kappa shape index (κ1) is 17.0. The molecule has 1 heterocycles. The van der Waals surface area contributed by atoms with Crippen molar-refractivity contribution in [3.05, 3.63) is 77.0 Å². The van der Waals surface area contributed by atoms with Crippen LogP contribution in [0.15, 0.2) is 54.6 Å². The summed E-state index contributed by atoms with van der Waals surface area (Å²) < 4.78 is 6.91. The maximum Gasteiger partial charge on any atom is 0.356 e. The molecule has 0 aliphatic rings. The smallest absolute Gasteiger partial charge is 0.356 e. The molecule has 0 unspecified atom stereocenters. The van der Waals surface area contributed by atoms with Crippen LogP contribution in [0.5, 0.6) is 0 Å². The number of hydrogen-bond donors (Lipinski definition) is 0. The fourth-order valence-corrected chi connectivity index (χ4v) is 2.64. The summed E-state index contributed by atoms with van der Waals surface area (Å²) in [5, 5.41) is 4.65. The number of hydrogen-bond acceptors (Lipinski definition) is 3. The summed E-state index contributed by atoms with van der Waals surface area (Å²) in [5.41, 5.74) is 5.71. The third-order valence-corrected chi connectivity index (χ3v) is 4.06. The molecule has 4 heteroatoms. The number of benzene rings is 2. The van der Waals surface area contributed by atoms with E-state index in [0.29, 0.717) is 18.8 Å². The van der Waals surface area contributed by atoms with Gasteiger partial charge in [-0.25, -0.2) is 4.79 Å². The van der Waals surface area contributed by atoms with Crippen molar-refractivity contribution >= 4 is 5.97 Å². The van der Waals surface area contributed by atoms with Gasteiger partial charge in [0.1, 0.15) is 5.69 Å². The maximum absolute atomic E-state index is 12.3.